The number of pyridine rings is 1. The first kappa shape index (κ1) is 25.6. The molecule has 1 aromatic carbocycles. The lowest BCUT2D eigenvalue weighted by Gasteiger charge is -2.34. The molecule has 5 heterocycles. The van der Waals surface area contributed by atoms with Crippen molar-refractivity contribution < 1.29 is 9.53 Å². The van der Waals surface area contributed by atoms with E-state index in [1.807, 2.05) is 37.3 Å². The van der Waals surface area contributed by atoms with Gasteiger partial charge in [-0.25, -0.2) is 19.9 Å². The first-order valence-electron chi connectivity index (χ1n) is 13.5. The fraction of sp³-hybridized carbons (Fsp3) is 0.310. The van der Waals surface area contributed by atoms with Gasteiger partial charge in [0.1, 0.15) is 23.4 Å². The highest BCUT2D eigenvalue weighted by atomic mass is 16.5. The number of aryl methyl sites for hydroxylation is 1. The van der Waals surface area contributed by atoms with Crippen LogP contribution in [0.5, 0.6) is 0 Å². The number of anilines is 5. The molecule has 0 atom stereocenters. The van der Waals surface area contributed by atoms with Gasteiger partial charge in [-0.1, -0.05) is 6.07 Å². The summed E-state index contributed by atoms with van der Waals surface area (Å²) < 4.78 is 5.55. The lowest BCUT2D eigenvalue weighted by atomic mass is 9.96. The van der Waals surface area contributed by atoms with E-state index in [1.165, 1.54) is 0 Å². The number of benzene rings is 1. The molecule has 0 saturated carbocycles. The molecule has 40 heavy (non-hydrogen) atoms. The maximum absolute atomic E-state index is 12.4. The van der Waals surface area contributed by atoms with Crippen molar-refractivity contribution >= 4 is 34.9 Å². The molecule has 2 aliphatic rings. The van der Waals surface area contributed by atoms with Crippen LogP contribution in [0.4, 0.5) is 29.0 Å². The summed E-state index contributed by atoms with van der Waals surface area (Å²) in [5.41, 5.74) is 3.62. The van der Waals surface area contributed by atoms with Crippen LogP contribution >= 0.6 is 0 Å². The lowest BCUT2D eigenvalue weighted by Crippen LogP contribution is -2.50. The molecule has 204 valence electrons. The Hall–Kier alpha value is -4.64. The van der Waals surface area contributed by atoms with Gasteiger partial charge in [-0.3, -0.25) is 4.79 Å². The Morgan fingerprint density at radius 1 is 0.900 bits per heavy atom. The molecule has 0 spiro atoms. The van der Waals surface area contributed by atoms with Gasteiger partial charge in [-0.05, 0) is 68.3 Å². The van der Waals surface area contributed by atoms with Gasteiger partial charge in [0.15, 0.2) is 5.82 Å². The van der Waals surface area contributed by atoms with Crippen LogP contribution in [0.1, 0.15) is 18.5 Å². The summed E-state index contributed by atoms with van der Waals surface area (Å²) in [6.45, 7) is 5.14. The highest BCUT2D eigenvalue weighted by molar-refractivity contribution is 5.73. The molecule has 0 unspecified atom stereocenters. The van der Waals surface area contributed by atoms with E-state index in [9.17, 15) is 4.79 Å². The number of piperidine rings is 1. The van der Waals surface area contributed by atoms with Gasteiger partial charge in [0.2, 0.25) is 5.95 Å². The highest BCUT2D eigenvalue weighted by Crippen LogP contribution is 2.27. The fourth-order valence-electron chi connectivity index (χ4n) is 4.70. The molecular weight excluding hydrogens is 506 g/mol. The molecule has 3 aromatic heterocycles. The standard InChI is InChI=1S/C29H31N9O2/c1-19-3-2-4-24(33-19)27-31-13-9-25(36-27)35-26-10-14-32-29(37-26)34-21-5-7-22(8-6-21)38-15-11-20(12-16-38)28(39)40-23-17-30-18-23/h2-10,13-14,20,23,30H,11-12,15-18H2,1H3,(H2,31,32,34,35,36,37). The number of esters is 1. The Morgan fingerprint density at radius 2 is 1.65 bits per heavy atom. The third-order valence-electron chi connectivity index (χ3n) is 7.03. The SMILES string of the molecule is Cc1cccc(-c2nccc(Nc3ccnc(Nc4ccc(N5CCC(C(=O)OC6CNC6)CC5)cc4)n3)n2)n1. The third-order valence-corrected chi connectivity index (χ3v) is 7.03. The second-order valence-electron chi connectivity index (χ2n) is 9.97. The monoisotopic (exact) mass is 537 g/mol. The number of nitrogens with one attached hydrogen (secondary N) is 3. The number of carbonyl (C=O) groups excluding carboxylic acids is 1. The second-order valence-corrected chi connectivity index (χ2v) is 9.97. The lowest BCUT2D eigenvalue weighted by molar-refractivity contribution is -0.157. The molecule has 2 saturated heterocycles. The average Bonchev–Trinajstić information content (AvgIpc) is 2.96. The number of hydrogen-bond acceptors (Lipinski definition) is 11. The number of hydrogen-bond donors (Lipinski definition) is 3. The van der Waals surface area contributed by atoms with E-state index in [4.69, 9.17) is 4.74 Å². The topological polar surface area (TPSA) is 130 Å². The minimum atomic E-state index is -0.0501. The summed E-state index contributed by atoms with van der Waals surface area (Å²) >= 11 is 0. The summed E-state index contributed by atoms with van der Waals surface area (Å²) in [5, 5.41) is 9.62. The first-order chi connectivity index (χ1) is 19.6. The van der Waals surface area contributed by atoms with Gasteiger partial charge < -0.3 is 25.6 Å². The number of rotatable bonds is 8. The van der Waals surface area contributed by atoms with Crippen LogP contribution in [0, 0.1) is 12.8 Å². The summed E-state index contributed by atoms with van der Waals surface area (Å²) in [5.74, 6) is 2.16. The molecule has 0 bridgehead atoms. The van der Waals surface area contributed by atoms with Crippen LogP contribution in [-0.4, -0.2) is 63.2 Å². The zero-order valence-electron chi connectivity index (χ0n) is 22.2. The van der Waals surface area contributed by atoms with Crippen molar-refractivity contribution in [2.24, 2.45) is 5.92 Å². The minimum Gasteiger partial charge on any atom is -0.459 e. The van der Waals surface area contributed by atoms with Crippen molar-refractivity contribution in [1.29, 1.82) is 0 Å². The van der Waals surface area contributed by atoms with Crippen molar-refractivity contribution in [2.45, 2.75) is 25.9 Å². The molecule has 4 aromatic rings. The Kier molecular flexibility index (Phi) is 7.45. The minimum absolute atomic E-state index is 0.0102. The predicted molar refractivity (Wildman–Crippen MR) is 153 cm³/mol. The Morgan fingerprint density at radius 3 is 2.38 bits per heavy atom. The van der Waals surface area contributed by atoms with Crippen LogP contribution in [0.15, 0.2) is 67.0 Å². The normalized spacial score (nSPS) is 15.8. The smallest absolute Gasteiger partial charge is 0.309 e. The van der Waals surface area contributed by atoms with Crippen LogP contribution in [0.2, 0.25) is 0 Å². The Bertz CT molecular complexity index is 1470. The van der Waals surface area contributed by atoms with Crippen molar-refractivity contribution in [3.8, 4) is 11.5 Å². The number of aromatic nitrogens is 5. The van der Waals surface area contributed by atoms with E-state index in [1.54, 1.807) is 24.5 Å². The molecule has 6 rings (SSSR count). The molecule has 11 nitrogen and oxygen atoms in total. The average molecular weight is 538 g/mol. The van der Waals surface area contributed by atoms with Crippen LogP contribution in [0.25, 0.3) is 11.5 Å². The van der Waals surface area contributed by atoms with Crippen LogP contribution in [-0.2, 0) is 9.53 Å². The van der Waals surface area contributed by atoms with Gasteiger partial charge in [0, 0.05) is 55.6 Å². The van der Waals surface area contributed by atoms with E-state index in [2.05, 4.69) is 57.9 Å². The van der Waals surface area contributed by atoms with E-state index < -0.39 is 0 Å². The highest BCUT2D eigenvalue weighted by Gasteiger charge is 2.30. The molecule has 2 aliphatic heterocycles. The molecule has 0 amide bonds. The maximum Gasteiger partial charge on any atom is 0.309 e. The van der Waals surface area contributed by atoms with Gasteiger partial charge in [0.05, 0.1) is 5.92 Å². The molecule has 2 fully saturated rings. The number of carbonyl (C=O) groups is 1. The van der Waals surface area contributed by atoms with Crippen LogP contribution in [0.3, 0.4) is 0 Å². The van der Waals surface area contributed by atoms with E-state index >= 15 is 0 Å². The van der Waals surface area contributed by atoms with Crippen molar-refractivity contribution in [3.05, 3.63) is 72.7 Å². The van der Waals surface area contributed by atoms with E-state index in [0.29, 0.717) is 29.1 Å². The summed E-state index contributed by atoms with van der Waals surface area (Å²) in [7, 11) is 0. The van der Waals surface area contributed by atoms with Crippen molar-refractivity contribution in [1.82, 2.24) is 30.2 Å². The molecule has 11 heteroatoms. The molecule has 0 radical (unpaired) electrons. The van der Waals surface area contributed by atoms with Gasteiger partial charge in [-0.2, -0.15) is 4.98 Å². The van der Waals surface area contributed by atoms with Crippen molar-refractivity contribution in [2.75, 3.05) is 41.7 Å². The zero-order valence-corrected chi connectivity index (χ0v) is 22.2. The predicted octanol–water partition coefficient (Wildman–Crippen LogP) is 3.86. The molecule has 0 aliphatic carbocycles. The molecular formula is C29H31N9O2. The van der Waals surface area contributed by atoms with Gasteiger partial charge in [-0.15, -0.1) is 0 Å². The van der Waals surface area contributed by atoms with Gasteiger partial charge >= 0.3 is 5.97 Å². The summed E-state index contributed by atoms with van der Waals surface area (Å²) in [6, 6.07) is 17.5. The zero-order chi connectivity index (χ0) is 27.3. The molecule has 3 N–H and O–H groups in total. The van der Waals surface area contributed by atoms with Crippen molar-refractivity contribution in [3.63, 3.8) is 0 Å². The quantitative estimate of drug-likeness (QED) is 0.283. The van der Waals surface area contributed by atoms with E-state index in [-0.39, 0.29) is 18.0 Å². The summed E-state index contributed by atoms with van der Waals surface area (Å²) in [6.07, 6.45) is 5.04. The third kappa shape index (κ3) is 6.15. The largest absolute Gasteiger partial charge is 0.459 e. The Labute approximate surface area is 232 Å². The fourth-order valence-corrected chi connectivity index (χ4v) is 4.70. The number of ether oxygens (including phenoxy) is 1. The Balaban J connectivity index is 1.04. The summed E-state index contributed by atoms with van der Waals surface area (Å²) in [4.78, 5) is 37.0. The van der Waals surface area contributed by atoms with Gasteiger partial charge in [0.25, 0.3) is 0 Å². The van der Waals surface area contributed by atoms with E-state index in [0.717, 1.165) is 56.1 Å². The van der Waals surface area contributed by atoms with Crippen LogP contribution < -0.4 is 20.9 Å². The first-order valence-corrected chi connectivity index (χ1v) is 13.5. The number of nitrogens with zero attached hydrogens (tertiary/aromatic N) is 6. The second kappa shape index (κ2) is 11.6. The maximum atomic E-state index is 12.4.